The van der Waals surface area contributed by atoms with Crippen LogP contribution in [0, 0.1) is 6.92 Å². The van der Waals surface area contributed by atoms with E-state index in [2.05, 4.69) is 20.6 Å². The van der Waals surface area contributed by atoms with Gasteiger partial charge in [-0.1, -0.05) is 6.07 Å². The van der Waals surface area contributed by atoms with Crippen LogP contribution in [0.4, 0.5) is 5.95 Å². The number of hydrogen-bond donors (Lipinski definition) is 3. The lowest BCUT2D eigenvalue weighted by molar-refractivity contribution is 0.0630. The summed E-state index contributed by atoms with van der Waals surface area (Å²) in [5.74, 6) is 1.31. The van der Waals surface area contributed by atoms with Crippen LogP contribution >= 0.6 is 11.3 Å². The number of imidazole rings is 1. The largest absolute Gasteiger partial charge is 0.440 e. The van der Waals surface area contributed by atoms with Crippen molar-refractivity contribution in [3.05, 3.63) is 52.9 Å². The van der Waals surface area contributed by atoms with Crippen LogP contribution in [-0.2, 0) is 17.8 Å². The van der Waals surface area contributed by atoms with Crippen LogP contribution in [0.25, 0.3) is 21.7 Å². The fraction of sp³-hybridized carbons (Fsp3) is 0.375. The number of thiophene rings is 1. The number of hydrogen-bond acceptors (Lipinski definition) is 8. The second-order valence-corrected chi connectivity index (χ2v) is 9.77. The van der Waals surface area contributed by atoms with E-state index >= 15 is 0 Å². The second-order valence-electron chi connectivity index (χ2n) is 8.69. The summed E-state index contributed by atoms with van der Waals surface area (Å²) in [6, 6.07) is 9.55. The molecule has 1 amide bonds. The molecule has 0 atom stereocenters. The van der Waals surface area contributed by atoms with Gasteiger partial charge in [0.05, 0.1) is 45.7 Å². The molecule has 0 spiro atoms. The Morgan fingerprint density at radius 2 is 2.12 bits per heavy atom. The molecular weight excluding hydrogens is 454 g/mol. The number of carbonyl (C=O) groups is 1. The molecule has 0 saturated carbocycles. The highest BCUT2D eigenvalue weighted by molar-refractivity contribution is 7.17. The molecule has 3 aromatic heterocycles. The first kappa shape index (κ1) is 24.1. The lowest BCUT2D eigenvalue weighted by Crippen LogP contribution is -2.27. The molecule has 0 aliphatic rings. The smallest absolute Gasteiger partial charge is 0.268 e. The zero-order valence-electron chi connectivity index (χ0n) is 19.7. The van der Waals surface area contributed by atoms with Crippen LogP contribution in [0.2, 0.25) is 0 Å². The van der Waals surface area contributed by atoms with Gasteiger partial charge in [-0.25, -0.2) is 9.97 Å². The highest BCUT2D eigenvalue weighted by atomic mass is 32.1. The van der Waals surface area contributed by atoms with Gasteiger partial charge in [0.1, 0.15) is 0 Å². The fourth-order valence-electron chi connectivity index (χ4n) is 3.57. The quantitative estimate of drug-likeness (QED) is 0.294. The molecular formula is C24H29N5O4S. The van der Waals surface area contributed by atoms with Crippen molar-refractivity contribution in [3.8, 4) is 10.6 Å². The minimum atomic E-state index is -0.992. The Morgan fingerprint density at radius 1 is 1.29 bits per heavy atom. The Hall–Kier alpha value is -3.05. The number of oxazole rings is 1. The molecule has 0 saturated heterocycles. The van der Waals surface area contributed by atoms with Gasteiger partial charge in [0.2, 0.25) is 5.95 Å². The Balaban J connectivity index is 1.59. The number of ether oxygens (including phenoxy) is 1. The molecule has 4 rings (SSSR count). The molecule has 0 radical (unpaired) electrons. The maximum Gasteiger partial charge on any atom is 0.268 e. The summed E-state index contributed by atoms with van der Waals surface area (Å²) in [4.78, 5) is 23.2. The number of nitrogens with one attached hydrogen (secondary N) is 2. The first-order valence-corrected chi connectivity index (χ1v) is 11.8. The van der Waals surface area contributed by atoms with E-state index in [1.54, 1.807) is 40.1 Å². The summed E-state index contributed by atoms with van der Waals surface area (Å²) in [5, 5.41) is 16.7. The van der Waals surface area contributed by atoms with Gasteiger partial charge in [-0.3, -0.25) is 10.1 Å². The van der Waals surface area contributed by atoms with Crippen molar-refractivity contribution in [2.45, 2.75) is 39.5 Å². The standard InChI is InChI=1S/C24H29N5O4S/c1-15-26-13-19(33-15)20-7-8-21(34-20)22(30)28-23-27-17-11-16(12-25-9-10-32-4)5-6-18(17)29(23)14-24(2,3)31/h5-8,11,13,25,31H,9-10,12,14H2,1-4H3,(H,27,28,30). The van der Waals surface area contributed by atoms with Crippen LogP contribution < -0.4 is 10.6 Å². The Morgan fingerprint density at radius 3 is 2.82 bits per heavy atom. The molecule has 3 heterocycles. The molecule has 4 aromatic rings. The Kier molecular flexibility index (Phi) is 7.13. The second kappa shape index (κ2) is 10.1. The van der Waals surface area contributed by atoms with Gasteiger partial charge in [-0.05, 0) is 43.7 Å². The van der Waals surface area contributed by atoms with Gasteiger partial charge >= 0.3 is 0 Å². The van der Waals surface area contributed by atoms with E-state index in [1.165, 1.54) is 11.3 Å². The molecule has 0 aliphatic carbocycles. The van der Waals surface area contributed by atoms with Crippen LogP contribution in [0.5, 0.6) is 0 Å². The molecule has 0 bridgehead atoms. The van der Waals surface area contributed by atoms with Gasteiger partial charge in [0.25, 0.3) is 5.91 Å². The summed E-state index contributed by atoms with van der Waals surface area (Å²) in [6.07, 6.45) is 1.65. The van der Waals surface area contributed by atoms with Crippen molar-refractivity contribution < 1.29 is 19.1 Å². The van der Waals surface area contributed by atoms with Gasteiger partial charge < -0.3 is 24.1 Å². The molecule has 9 nitrogen and oxygen atoms in total. The molecule has 3 N–H and O–H groups in total. The number of fused-ring (bicyclic) bond motifs is 1. The van der Waals surface area contributed by atoms with Gasteiger partial charge in [0.15, 0.2) is 11.7 Å². The molecule has 34 heavy (non-hydrogen) atoms. The fourth-order valence-corrected chi connectivity index (χ4v) is 4.41. The molecule has 0 unspecified atom stereocenters. The van der Waals surface area contributed by atoms with Gasteiger partial charge in [-0.15, -0.1) is 11.3 Å². The minimum Gasteiger partial charge on any atom is -0.440 e. The highest BCUT2D eigenvalue weighted by Gasteiger charge is 2.22. The number of methoxy groups -OCH3 is 1. The van der Waals surface area contributed by atoms with E-state index in [4.69, 9.17) is 9.15 Å². The zero-order chi connectivity index (χ0) is 24.3. The highest BCUT2D eigenvalue weighted by Crippen LogP contribution is 2.30. The van der Waals surface area contributed by atoms with Gasteiger partial charge in [0, 0.05) is 27.1 Å². The predicted octanol–water partition coefficient (Wildman–Crippen LogP) is 3.82. The third-order valence-electron chi connectivity index (χ3n) is 5.09. The topological polar surface area (TPSA) is 114 Å². The number of amides is 1. The van der Waals surface area contributed by atoms with E-state index in [1.807, 2.05) is 28.8 Å². The average molecular weight is 484 g/mol. The third kappa shape index (κ3) is 5.71. The minimum absolute atomic E-state index is 0.275. The lowest BCUT2D eigenvalue weighted by Gasteiger charge is -2.20. The zero-order valence-corrected chi connectivity index (χ0v) is 20.5. The number of benzene rings is 1. The monoisotopic (exact) mass is 483 g/mol. The van der Waals surface area contributed by atoms with E-state index in [0.717, 1.165) is 28.0 Å². The third-order valence-corrected chi connectivity index (χ3v) is 6.19. The van der Waals surface area contributed by atoms with Crippen molar-refractivity contribution in [1.82, 2.24) is 19.9 Å². The van der Waals surface area contributed by atoms with Crippen molar-refractivity contribution in [2.24, 2.45) is 0 Å². The van der Waals surface area contributed by atoms with Crippen molar-refractivity contribution in [1.29, 1.82) is 0 Å². The summed E-state index contributed by atoms with van der Waals surface area (Å²) >= 11 is 1.32. The number of anilines is 1. The van der Waals surface area contributed by atoms with Crippen LogP contribution in [-0.4, -0.2) is 51.4 Å². The van der Waals surface area contributed by atoms with Crippen molar-refractivity contribution in [3.63, 3.8) is 0 Å². The van der Waals surface area contributed by atoms with Crippen molar-refractivity contribution in [2.75, 3.05) is 25.6 Å². The average Bonchev–Trinajstić information content (AvgIpc) is 3.50. The first-order valence-electron chi connectivity index (χ1n) is 11.0. The molecule has 1 aromatic carbocycles. The summed E-state index contributed by atoms with van der Waals surface area (Å²) in [5.41, 5.74) is 1.66. The van der Waals surface area contributed by atoms with Crippen LogP contribution in [0.3, 0.4) is 0 Å². The Bertz CT molecular complexity index is 1280. The lowest BCUT2D eigenvalue weighted by atomic mass is 10.1. The number of aliphatic hydroxyl groups is 1. The van der Waals surface area contributed by atoms with Crippen LogP contribution in [0.15, 0.2) is 40.9 Å². The molecule has 0 fully saturated rings. The number of aromatic nitrogens is 3. The SMILES string of the molecule is COCCNCc1ccc2c(c1)nc(NC(=O)c1ccc(-c3cnc(C)o3)s1)n2CC(C)(C)O. The Labute approximate surface area is 201 Å². The number of aryl methyl sites for hydroxylation is 1. The predicted molar refractivity (Wildman–Crippen MR) is 132 cm³/mol. The molecule has 180 valence electrons. The summed E-state index contributed by atoms with van der Waals surface area (Å²) in [7, 11) is 1.67. The van der Waals surface area contributed by atoms with Gasteiger partial charge in [-0.2, -0.15) is 0 Å². The number of nitrogens with zero attached hydrogens (tertiary/aromatic N) is 3. The van der Waals surface area contributed by atoms with E-state index in [-0.39, 0.29) is 12.5 Å². The first-order chi connectivity index (χ1) is 16.2. The number of carbonyl (C=O) groups excluding carboxylic acids is 1. The summed E-state index contributed by atoms with van der Waals surface area (Å²) in [6.45, 7) is 7.57. The molecule has 0 aliphatic heterocycles. The summed E-state index contributed by atoms with van der Waals surface area (Å²) < 4.78 is 12.5. The van der Waals surface area contributed by atoms with E-state index in [0.29, 0.717) is 35.6 Å². The maximum absolute atomic E-state index is 13.0. The maximum atomic E-state index is 13.0. The number of rotatable bonds is 10. The van der Waals surface area contributed by atoms with Crippen LogP contribution in [0.1, 0.15) is 35.0 Å². The van der Waals surface area contributed by atoms with E-state index in [9.17, 15) is 9.90 Å². The van der Waals surface area contributed by atoms with E-state index < -0.39 is 5.60 Å². The normalized spacial score (nSPS) is 11.9. The molecule has 10 heteroatoms. The van der Waals surface area contributed by atoms with Crippen molar-refractivity contribution >= 4 is 34.2 Å².